The number of sulfone groups is 1. The zero-order chi connectivity index (χ0) is 19.5. The minimum absolute atomic E-state index is 0. The fourth-order valence-corrected chi connectivity index (χ4v) is 4.40. The fraction of sp³-hybridized carbons (Fsp3) is 0.684. The number of nitrogens with zero attached hydrogens (tertiary/aromatic N) is 3. The molecule has 28 heavy (non-hydrogen) atoms. The molecule has 0 amide bonds. The van der Waals surface area contributed by atoms with Gasteiger partial charge in [-0.3, -0.25) is 0 Å². The second kappa shape index (κ2) is 9.60. The number of nitrogens with one attached hydrogen (secondary N) is 1. The predicted octanol–water partition coefficient (Wildman–Crippen LogP) is 2.46. The van der Waals surface area contributed by atoms with Gasteiger partial charge in [0.2, 0.25) is 5.88 Å². The van der Waals surface area contributed by atoms with Crippen molar-refractivity contribution in [2.24, 2.45) is 10.9 Å². The van der Waals surface area contributed by atoms with Gasteiger partial charge in [0.15, 0.2) is 15.8 Å². The molecule has 0 radical (unpaired) electrons. The molecule has 1 saturated heterocycles. The third-order valence-corrected chi connectivity index (χ3v) is 7.59. The SMILES string of the molecule is CCNC(=NCc1ccnc(OCC2CC2)c1)N1CCS(=O)(=O)C(C)(C)C1.I. The minimum atomic E-state index is -3.07. The summed E-state index contributed by atoms with van der Waals surface area (Å²) >= 11 is 0. The average Bonchev–Trinajstić information content (AvgIpc) is 3.44. The Morgan fingerprint density at radius 3 is 2.82 bits per heavy atom. The van der Waals surface area contributed by atoms with Gasteiger partial charge in [0.1, 0.15) is 0 Å². The predicted molar refractivity (Wildman–Crippen MR) is 122 cm³/mol. The lowest BCUT2D eigenvalue weighted by atomic mass is 10.2. The molecule has 1 aliphatic carbocycles. The first-order valence-corrected chi connectivity index (χ1v) is 11.3. The van der Waals surface area contributed by atoms with E-state index in [0.717, 1.165) is 24.7 Å². The van der Waals surface area contributed by atoms with E-state index in [1.807, 2.05) is 24.0 Å². The van der Waals surface area contributed by atoms with Crippen molar-refractivity contribution in [3.05, 3.63) is 23.9 Å². The third kappa shape index (κ3) is 5.95. The maximum Gasteiger partial charge on any atom is 0.213 e. The number of ether oxygens (including phenoxy) is 1. The number of halogens is 1. The van der Waals surface area contributed by atoms with Gasteiger partial charge in [-0.15, -0.1) is 24.0 Å². The summed E-state index contributed by atoms with van der Waals surface area (Å²) in [5.74, 6) is 2.23. The van der Waals surface area contributed by atoms with Crippen LogP contribution in [-0.4, -0.2) is 61.0 Å². The molecular weight excluding hydrogens is 491 g/mol. The number of pyridine rings is 1. The summed E-state index contributed by atoms with van der Waals surface area (Å²) in [6, 6.07) is 3.86. The van der Waals surface area contributed by atoms with E-state index in [4.69, 9.17) is 9.73 Å². The highest BCUT2D eigenvalue weighted by Gasteiger charge is 2.40. The van der Waals surface area contributed by atoms with Crippen LogP contribution in [0.4, 0.5) is 0 Å². The summed E-state index contributed by atoms with van der Waals surface area (Å²) in [7, 11) is -3.07. The molecule has 9 heteroatoms. The van der Waals surface area contributed by atoms with E-state index in [1.54, 1.807) is 20.0 Å². The van der Waals surface area contributed by atoms with Crippen LogP contribution in [0.3, 0.4) is 0 Å². The number of rotatable bonds is 6. The topological polar surface area (TPSA) is 83.9 Å². The van der Waals surface area contributed by atoms with E-state index in [2.05, 4.69) is 10.3 Å². The summed E-state index contributed by atoms with van der Waals surface area (Å²) < 4.78 is 29.5. The Labute approximate surface area is 185 Å². The Morgan fingerprint density at radius 2 is 2.18 bits per heavy atom. The van der Waals surface area contributed by atoms with Gasteiger partial charge < -0.3 is 15.0 Å². The summed E-state index contributed by atoms with van der Waals surface area (Å²) in [4.78, 5) is 11.0. The van der Waals surface area contributed by atoms with Crippen LogP contribution in [-0.2, 0) is 16.4 Å². The molecule has 7 nitrogen and oxygen atoms in total. The van der Waals surface area contributed by atoms with Gasteiger partial charge in [-0.1, -0.05) is 0 Å². The molecular formula is C19H31IN4O3S. The second-order valence-corrected chi connectivity index (χ2v) is 10.7. The van der Waals surface area contributed by atoms with Crippen molar-refractivity contribution in [3.8, 4) is 5.88 Å². The van der Waals surface area contributed by atoms with Crippen molar-refractivity contribution < 1.29 is 13.2 Å². The Kier molecular flexibility index (Phi) is 7.95. The first kappa shape index (κ1) is 23.2. The van der Waals surface area contributed by atoms with Gasteiger partial charge in [0, 0.05) is 31.9 Å². The van der Waals surface area contributed by atoms with Crippen molar-refractivity contribution in [2.45, 2.75) is 44.9 Å². The quantitative estimate of drug-likeness (QED) is 0.351. The molecule has 0 spiro atoms. The average molecular weight is 522 g/mol. The molecule has 1 N–H and O–H groups in total. The molecule has 2 fully saturated rings. The van der Waals surface area contributed by atoms with Crippen LogP contribution >= 0.6 is 24.0 Å². The highest BCUT2D eigenvalue weighted by atomic mass is 127. The van der Waals surface area contributed by atoms with Crippen molar-refractivity contribution in [1.29, 1.82) is 0 Å². The number of guanidine groups is 1. The molecule has 3 rings (SSSR count). The fourth-order valence-electron chi connectivity index (χ4n) is 3.03. The number of aliphatic imine (C=N–C) groups is 1. The van der Waals surface area contributed by atoms with E-state index in [1.165, 1.54) is 12.8 Å². The molecule has 1 saturated carbocycles. The molecule has 1 aromatic heterocycles. The van der Waals surface area contributed by atoms with Crippen LogP contribution in [0.2, 0.25) is 0 Å². The van der Waals surface area contributed by atoms with Crippen LogP contribution in [0.15, 0.2) is 23.3 Å². The van der Waals surface area contributed by atoms with Crippen molar-refractivity contribution in [1.82, 2.24) is 15.2 Å². The van der Waals surface area contributed by atoms with Gasteiger partial charge in [-0.25, -0.2) is 18.4 Å². The number of hydrogen-bond donors (Lipinski definition) is 1. The van der Waals surface area contributed by atoms with Crippen molar-refractivity contribution in [2.75, 3.05) is 32.0 Å². The molecule has 1 aromatic rings. The third-order valence-electron chi connectivity index (χ3n) is 5.05. The normalized spacial score (nSPS) is 21.0. The van der Waals surface area contributed by atoms with Crippen LogP contribution in [0.25, 0.3) is 0 Å². The van der Waals surface area contributed by atoms with Crippen LogP contribution in [0.5, 0.6) is 5.88 Å². The number of aromatic nitrogens is 1. The lowest BCUT2D eigenvalue weighted by Crippen LogP contribution is -2.57. The Balaban J connectivity index is 0.00000280. The first-order chi connectivity index (χ1) is 12.8. The lowest BCUT2D eigenvalue weighted by molar-refractivity contribution is 0.288. The summed E-state index contributed by atoms with van der Waals surface area (Å²) in [5.41, 5.74) is 1.02. The Morgan fingerprint density at radius 1 is 1.43 bits per heavy atom. The van der Waals surface area contributed by atoms with E-state index >= 15 is 0 Å². The summed E-state index contributed by atoms with van der Waals surface area (Å²) in [5, 5.41) is 3.28. The van der Waals surface area contributed by atoms with E-state index in [0.29, 0.717) is 31.4 Å². The van der Waals surface area contributed by atoms with Crippen LogP contribution < -0.4 is 10.1 Å². The van der Waals surface area contributed by atoms with Crippen LogP contribution in [0, 0.1) is 5.92 Å². The van der Waals surface area contributed by atoms with E-state index in [9.17, 15) is 8.42 Å². The van der Waals surface area contributed by atoms with E-state index in [-0.39, 0.29) is 29.7 Å². The van der Waals surface area contributed by atoms with Crippen molar-refractivity contribution >= 4 is 39.8 Å². The highest BCUT2D eigenvalue weighted by Crippen LogP contribution is 2.29. The molecule has 0 aromatic carbocycles. The molecule has 0 atom stereocenters. The lowest BCUT2D eigenvalue weighted by Gasteiger charge is -2.39. The van der Waals surface area contributed by atoms with Crippen LogP contribution in [0.1, 0.15) is 39.2 Å². The first-order valence-electron chi connectivity index (χ1n) is 9.64. The minimum Gasteiger partial charge on any atom is -0.477 e. The molecule has 1 aliphatic heterocycles. The maximum atomic E-state index is 12.3. The summed E-state index contributed by atoms with van der Waals surface area (Å²) in [6.45, 7) is 8.44. The van der Waals surface area contributed by atoms with Gasteiger partial charge in [-0.05, 0) is 51.2 Å². The zero-order valence-electron chi connectivity index (χ0n) is 16.8. The Bertz CT molecular complexity index is 794. The van der Waals surface area contributed by atoms with Gasteiger partial charge >= 0.3 is 0 Å². The Hall–Kier alpha value is -1.10. The molecule has 2 aliphatic rings. The number of hydrogen-bond acceptors (Lipinski definition) is 5. The molecule has 0 bridgehead atoms. The zero-order valence-corrected chi connectivity index (χ0v) is 20.0. The smallest absolute Gasteiger partial charge is 0.213 e. The van der Waals surface area contributed by atoms with Gasteiger partial charge in [0.25, 0.3) is 0 Å². The largest absolute Gasteiger partial charge is 0.477 e. The van der Waals surface area contributed by atoms with Crippen molar-refractivity contribution in [3.63, 3.8) is 0 Å². The van der Waals surface area contributed by atoms with Gasteiger partial charge in [-0.2, -0.15) is 0 Å². The maximum absolute atomic E-state index is 12.3. The molecule has 2 heterocycles. The highest BCUT2D eigenvalue weighted by molar-refractivity contribution is 14.0. The standard InChI is InChI=1S/C19H30N4O3S.HI/c1-4-20-18(23-9-10-27(24,25)19(2,3)14-23)22-12-16-7-8-21-17(11-16)26-13-15-5-6-15;/h7-8,11,15H,4-6,9-10,12-14H2,1-3H3,(H,20,22);1H. The second-order valence-electron chi connectivity index (χ2n) is 7.93. The van der Waals surface area contributed by atoms with Gasteiger partial charge in [0.05, 0.1) is 23.7 Å². The van der Waals surface area contributed by atoms with E-state index < -0.39 is 14.6 Å². The summed E-state index contributed by atoms with van der Waals surface area (Å²) in [6.07, 6.45) is 4.24. The molecule has 158 valence electrons. The monoisotopic (exact) mass is 522 g/mol. The molecule has 0 unspecified atom stereocenters.